The van der Waals surface area contributed by atoms with E-state index >= 15 is 0 Å². The van der Waals surface area contributed by atoms with Gasteiger partial charge in [0.1, 0.15) is 18.1 Å². The molecule has 0 saturated heterocycles. The molecule has 2 aromatic carbocycles. The van der Waals surface area contributed by atoms with E-state index in [2.05, 4.69) is 31.1 Å². The summed E-state index contributed by atoms with van der Waals surface area (Å²) < 4.78 is 17.0. The zero-order chi connectivity index (χ0) is 24.8. The molecule has 0 unspecified atom stereocenters. The normalized spacial score (nSPS) is 22.1. The quantitative estimate of drug-likeness (QED) is 0.740. The lowest BCUT2D eigenvalue weighted by molar-refractivity contribution is 0.0150. The number of carbonyl (C=O) groups is 2. The number of ether oxygens (including phenoxy) is 3. The van der Waals surface area contributed by atoms with Crippen molar-refractivity contribution < 1.29 is 23.8 Å². The van der Waals surface area contributed by atoms with Gasteiger partial charge in [0.05, 0.1) is 18.8 Å². The van der Waals surface area contributed by atoms with Gasteiger partial charge in [0.2, 0.25) is 0 Å². The number of likely N-dealkylation sites (N-methyl/N-ethyl adjacent to an activating group) is 2. The fourth-order valence-corrected chi connectivity index (χ4v) is 3.98. The fraction of sp³-hybridized carbons (Fsp3) is 0.462. The smallest absolute Gasteiger partial charge is 0.257 e. The lowest BCUT2D eigenvalue weighted by atomic mass is 10.0. The number of nitrogens with zero attached hydrogens (tertiary/aromatic N) is 2. The van der Waals surface area contributed by atoms with Crippen LogP contribution >= 0.6 is 0 Å². The van der Waals surface area contributed by atoms with E-state index in [1.165, 1.54) is 0 Å². The van der Waals surface area contributed by atoms with Crippen LogP contribution in [0.25, 0.3) is 0 Å². The van der Waals surface area contributed by atoms with Crippen LogP contribution in [-0.2, 0) is 4.74 Å². The average Bonchev–Trinajstić information content (AvgIpc) is 2.84. The minimum atomic E-state index is -0.260. The molecule has 0 spiro atoms. The zero-order valence-corrected chi connectivity index (χ0v) is 20.8. The summed E-state index contributed by atoms with van der Waals surface area (Å²) >= 11 is 0. The van der Waals surface area contributed by atoms with Gasteiger partial charge < -0.3 is 24.4 Å². The first kappa shape index (κ1) is 25.5. The Labute approximate surface area is 201 Å². The van der Waals surface area contributed by atoms with E-state index in [1.54, 1.807) is 68.6 Å². The molecule has 3 atom stereocenters. The second-order valence-corrected chi connectivity index (χ2v) is 8.93. The molecule has 2 aromatic rings. The van der Waals surface area contributed by atoms with Gasteiger partial charge in [-0.25, -0.2) is 0 Å². The highest BCUT2D eigenvalue weighted by atomic mass is 16.5. The Morgan fingerprint density at radius 2 is 1.76 bits per heavy atom. The second-order valence-electron chi connectivity index (χ2n) is 8.93. The number of anilines is 1. The minimum absolute atomic E-state index is 0.0875. The van der Waals surface area contributed by atoms with Crippen molar-refractivity contribution in [3.05, 3.63) is 53.6 Å². The molecule has 1 N–H and O–H groups in total. The third-order valence-corrected chi connectivity index (χ3v) is 6.37. The molecule has 0 radical (unpaired) electrons. The van der Waals surface area contributed by atoms with Gasteiger partial charge in [-0.05, 0) is 56.3 Å². The van der Waals surface area contributed by atoms with Crippen LogP contribution in [0.5, 0.6) is 11.5 Å². The third-order valence-electron chi connectivity index (χ3n) is 6.37. The van der Waals surface area contributed by atoms with Crippen molar-refractivity contribution in [2.75, 3.05) is 53.3 Å². The summed E-state index contributed by atoms with van der Waals surface area (Å²) in [4.78, 5) is 29.9. The van der Waals surface area contributed by atoms with Crippen molar-refractivity contribution in [1.29, 1.82) is 0 Å². The molecule has 0 saturated carbocycles. The summed E-state index contributed by atoms with van der Waals surface area (Å²) in [6.07, 6.45) is -0.0875. The number of hydrogen-bond donors (Lipinski definition) is 1. The van der Waals surface area contributed by atoms with Crippen LogP contribution in [0.2, 0.25) is 0 Å². The van der Waals surface area contributed by atoms with E-state index in [0.29, 0.717) is 41.5 Å². The van der Waals surface area contributed by atoms with Gasteiger partial charge in [0, 0.05) is 50.6 Å². The molecule has 8 heteroatoms. The van der Waals surface area contributed by atoms with Crippen molar-refractivity contribution in [3.8, 4) is 11.5 Å². The van der Waals surface area contributed by atoms with E-state index in [-0.39, 0.29) is 29.9 Å². The highest BCUT2D eigenvalue weighted by Gasteiger charge is 2.27. The molecule has 0 aromatic heterocycles. The van der Waals surface area contributed by atoms with Crippen molar-refractivity contribution >= 4 is 17.5 Å². The number of carbonyl (C=O) groups excluding carboxylic acids is 2. The van der Waals surface area contributed by atoms with Crippen LogP contribution in [0.15, 0.2) is 42.5 Å². The van der Waals surface area contributed by atoms with E-state index in [4.69, 9.17) is 14.2 Å². The minimum Gasteiger partial charge on any atom is -0.497 e. The standard InChI is InChI=1S/C26H35N3O5/c1-17-14-28(3)18(2)16-34-23-13-20(27-25(30)19-7-10-21(32-5)11-8-19)9-12-22(23)26(31)29(4)15-24(17)33-6/h7-13,17-18,24H,14-16H2,1-6H3,(H,27,30)/t17-,18+,24-/m1/s1. The van der Waals surface area contributed by atoms with Gasteiger partial charge in [0.15, 0.2) is 0 Å². The van der Waals surface area contributed by atoms with E-state index in [1.807, 2.05) is 0 Å². The summed E-state index contributed by atoms with van der Waals surface area (Å²) in [5.74, 6) is 0.939. The Morgan fingerprint density at radius 1 is 1.06 bits per heavy atom. The Morgan fingerprint density at radius 3 is 2.41 bits per heavy atom. The molecule has 34 heavy (non-hydrogen) atoms. The lowest BCUT2D eigenvalue weighted by Crippen LogP contribution is -2.45. The molecule has 0 fully saturated rings. The predicted octanol–water partition coefficient (Wildman–Crippen LogP) is 3.38. The van der Waals surface area contributed by atoms with Crippen LogP contribution in [-0.4, -0.2) is 81.8 Å². The van der Waals surface area contributed by atoms with Crippen LogP contribution < -0.4 is 14.8 Å². The molecule has 0 aliphatic carbocycles. The molecular formula is C26H35N3O5. The SMILES string of the molecule is COc1ccc(C(=O)Nc2ccc3c(c2)OC[C@H](C)N(C)C[C@@H](C)[C@H](OC)CN(C)C3=O)cc1. The second kappa shape index (κ2) is 11.4. The predicted molar refractivity (Wildman–Crippen MR) is 132 cm³/mol. The summed E-state index contributed by atoms with van der Waals surface area (Å²) in [6, 6.07) is 12.1. The number of amides is 2. The maximum atomic E-state index is 13.3. The molecule has 1 heterocycles. The van der Waals surface area contributed by atoms with Gasteiger partial charge in [-0.2, -0.15) is 0 Å². The number of benzene rings is 2. The number of fused-ring (bicyclic) bond motifs is 1. The van der Waals surface area contributed by atoms with Gasteiger partial charge in [-0.1, -0.05) is 6.92 Å². The maximum absolute atomic E-state index is 13.3. The first-order valence-electron chi connectivity index (χ1n) is 11.4. The largest absolute Gasteiger partial charge is 0.497 e. The molecule has 3 rings (SSSR count). The first-order valence-corrected chi connectivity index (χ1v) is 11.4. The molecule has 8 nitrogen and oxygen atoms in total. The number of rotatable bonds is 4. The molecule has 2 amide bonds. The number of hydrogen-bond acceptors (Lipinski definition) is 6. The zero-order valence-electron chi connectivity index (χ0n) is 20.8. The summed E-state index contributed by atoms with van der Waals surface area (Å²) in [6.45, 7) is 5.90. The highest BCUT2D eigenvalue weighted by Crippen LogP contribution is 2.27. The molecule has 0 bridgehead atoms. The molecular weight excluding hydrogens is 434 g/mol. The van der Waals surface area contributed by atoms with Crippen molar-refractivity contribution in [1.82, 2.24) is 9.80 Å². The summed E-state index contributed by atoms with van der Waals surface area (Å²) in [5.41, 5.74) is 1.50. The average molecular weight is 470 g/mol. The van der Waals surface area contributed by atoms with Crippen LogP contribution in [0.1, 0.15) is 34.6 Å². The lowest BCUT2D eigenvalue weighted by Gasteiger charge is -2.34. The monoisotopic (exact) mass is 469 g/mol. The van der Waals surface area contributed by atoms with Gasteiger partial charge >= 0.3 is 0 Å². The Balaban J connectivity index is 1.87. The first-order chi connectivity index (χ1) is 16.2. The van der Waals surface area contributed by atoms with E-state index < -0.39 is 0 Å². The van der Waals surface area contributed by atoms with E-state index in [9.17, 15) is 9.59 Å². The highest BCUT2D eigenvalue weighted by molar-refractivity contribution is 6.05. The fourth-order valence-electron chi connectivity index (χ4n) is 3.98. The molecule has 184 valence electrons. The maximum Gasteiger partial charge on any atom is 0.257 e. The van der Waals surface area contributed by atoms with Crippen LogP contribution in [0.3, 0.4) is 0 Å². The van der Waals surface area contributed by atoms with Gasteiger partial charge in [-0.15, -0.1) is 0 Å². The third kappa shape index (κ3) is 6.07. The summed E-state index contributed by atoms with van der Waals surface area (Å²) in [7, 11) is 7.09. The number of methoxy groups -OCH3 is 2. The number of nitrogens with one attached hydrogen (secondary N) is 1. The topological polar surface area (TPSA) is 80.3 Å². The Kier molecular flexibility index (Phi) is 8.52. The van der Waals surface area contributed by atoms with Crippen LogP contribution in [0.4, 0.5) is 5.69 Å². The van der Waals surface area contributed by atoms with Gasteiger partial charge in [0.25, 0.3) is 11.8 Å². The van der Waals surface area contributed by atoms with Crippen LogP contribution in [0, 0.1) is 5.92 Å². The Hall–Kier alpha value is -3.10. The van der Waals surface area contributed by atoms with E-state index in [0.717, 1.165) is 6.54 Å². The molecule has 1 aliphatic heterocycles. The van der Waals surface area contributed by atoms with Crippen molar-refractivity contribution in [2.45, 2.75) is 26.0 Å². The van der Waals surface area contributed by atoms with Gasteiger partial charge in [-0.3, -0.25) is 14.5 Å². The van der Waals surface area contributed by atoms with Crippen molar-refractivity contribution in [3.63, 3.8) is 0 Å². The molecule has 1 aliphatic rings. The van der Waals surface area contributed by atoms with Crippen molar-refractivity contribution in [2.24, 2.45) is 5.92 Å². The Bertz CT molecular complexity index is 994. The summed E-state index contributed by atoms with van der Waals surface area (Å²) in [5, 5.41) is 2.89.